The van der Waals surface area contributed by atoms with E-state index >= 15 is 0 Å². The van der Waals surface area contributed by atoms with E-state index in [-0.39, 0.29) is 0 Å². The Morgan fingerprint density at radius 3 is 1.98 bits per heavy atom. The van der Waals surface area contributed by atoms with Crippen LogP contribution in [0, 0.1) is 24.2 Å². The number of nitrogens with one attached hydrogen (secondary N) is 1. The fourth-order valence-corrected chi connectivity index (χ4v) is 4.24. The van der Waals surface area contributed by atoms with Crippen molar-refractivity contribution in [2.75, 3.05) is 5.32 Å². The van der Waals surface area contributed by atoms with Crippen LogP contribution in [0.2, 0.25) is 0 Å². The smallest absolute Gasteiger partial charge is 0.228 e. The number of allylic oxidation sites excluding steroid dienone is 4. The average Bonchev–Trinajstić information content (AvgIpc) is 3.10. The summed E-state index contributed by atoms with van der Waals surface area (Å²) in [6, 6.07) is 12.4. The quantitative estimate of drug-likeness (QED) is 0.132. The summed E-state index contributed by atoms with van der Waals surface area (Å²) in [5, 5.41) is 11.0. The number of unbranched alkanes of at least 4 members (excludes halogenated alkanes) is 2. The molecular weight excluding hydrogens is 587 g/mol. The first kappa shape index (κ1) is 51.4. The molecule has 0 amide bonds. The number of rotatable bonds is 13. The van der Waals surface area contributed by atoms with Crippen LogP contribution in [0.3, 0.4) is 0 Å². The van der Waals surface area contributed by atoms with Crippen molar-refractivity contribution < 1.29 is 4.79 Å². The average molecular weight is 662 g/mol. The van der Waals surface area contributed by atoms with Crippen LogP contribution in [-0.4, -0.2) is 10.8 Å². The lowest BCUT2D eigenvalue weighted by molar-refractivity contribution is -0.112. The molecule has 1 aromatic heterocycles. The number of hydrogen-bond donors (Lipinski definition) is 1. The van der Waals surface area contributed by atoms with Gasteiger partial charge in [0.05, 0.1) is 0 Å². The number of nitriles is 1. The lowest BCUT2D eigenvalue weighted by atomic mass is 9.84. The fraction of sp³-hybridized carbons (Fsp3) is 0.568. The molecule has 272 valence electrons. The highest BCUT2D eigenvalue weighted by Crippen LogP contribution is 2.34. The second kappa shape index (κ2) is 39.7. The van der Waals surface area contributed by atoms with Crippen molar-refractivity contribution in [2.24, 2.45) is 5.92 Å². The molecule has 4 heteroatoms. The van der Waals surface area contributed by atoms with Gasteiger partial charge in [0.1, 0.15) is 6.07 Å². The number of nitrogens with zero attached hydrogens (tertiary/aromatic N) is 2. The van der Waals surface area contributed by atoms with E-state index in [1.807, 2.05) is 59.0 Å². The van der Waals surface area contributed by atoms with Crippen LogP contribution >= 0.6 is 0 Å². The van der Waals surface area contributed by atoms with Crippen LogP contribution < -0.4 is 5.32 Å². The van der Waals surface area contributed by atoms with Gasteiger partial charge >= 0.3 is 0 Å². The number of fused-ring (bicyclic) bond motifs is 1. The number of ketones is 1. The van der Waals surface area contributed by atoms with Crippen LogP contribution in [0.15, 0.2) is 79.7 Å². The van der Waals surface area contributed by atoms with E-state index in [9.17, 15) is 4.79 Å². The maximum Gasteiger partial charge on any atom is 0.228 e. The maximum atomic E-state index is 9.45. The lowest BCUT2D eigenvalue weighted by Gasteiger charge is -2.26. The molecule has 2 aromatic rings. The molecule has 0 saturated heterocycles. The number of Topliss-reactive ketones (excluding diaryl/α,β-unsaturated/α-hetero) is 1. The second-order valence-corrected chi connectivity index (χ2v) is 11.3. The Labute approximate surface area is 299 Å². The fourth-order valence-electron chi connectivity index (χ4n) is 4.24. The number of benzene rings is 1. The Balaban J connectivity index is -0.000000314. The first-order valence-corrected chi connectivity index (χ1v) is 18.7. The third kappa shape index (κ3) is 32.5. The van der Waals surface area contributed by atoms with Crippen LogP contribution in [-0.2, 0) is 11.3 Å². The molecule has 0 fully saturated rings. The van der Waals surface area contributed by atoms with Crippen LogP contribution in [0.25, 0.3) is 0 Å². The molecule has 2 heterocycles. The molecule has 2 unspecified atom stereocenters. The Morgan fingerprint density at radius 1 is 1.04 bits per heavy atom. The largest absolute Gasteiger partial charge is 0.381 e. The molecule has 1 aromatic carbocycles. The van der Waals surface area contributed by atoms with Crippen molar-refractivity contribution in [3.8, 4) is 6.07 Å². The van der Waals surface area contributed by atoms with E-state index in [1.54, 1.807) is 6.20 Å². The summed E-state index contributed by atoms with van der Waals surface area (Å²) >= 11 is 0. The van der Waals surface area contributed by atoms with E-state index in [2.05, 4.69) is 95.4 Å². The van der Waals surface area contributed by atoms with E-state index < -0.39 is 5.78 Å². The Hall–Kier alpha value is -3.45. The SMILES string of the molecule is C=C(/C=C\CC)CCCC(C)CC(CC)c1ccc2c(c1)NC2.C=CCC.CC.CC.CC(=O)C#N.CCCCC.Cc1cccnc1. The number of aryl methyl sites for hydroxylation is 1. The normalized spacial score (nSPS) is 11.0. The van der Waals surface area contributed by atoms with Crippen molar-refractivity contribution in [2.45, 2.75) is 160 Å². The predicted molar refractivity (Wildman–Crippen MR) is 217 cm³/mol. The zero-order chi connectivity index (χ0) is 37.6. The topological polar surface area (TPSA) is 65.8 Å². The summed E-state index contributed by atoms with van der Waals surface area (Å²) in [6.45, 7) is 33.3. The van der Waals surface area contributed by atoms with Crippen molar-refractivity contribution in [1.29, 1.82) is 5.26 Å². The number of carbonyl (C=O) groups excluding carboxylic acids is 1. The van der Waals surface area contributed by atoms with Gasteiger partial charge in [-0.3, -0.25) is 9.78 Å². The number of anilines is 1. The summed E-state index contributed by atoms with van der Waals surface area (Å²) in [7, 11) is 0. The lowest BCUT2D eigenvalue weighted by Crippen LogP contribution is -2.14. The van der Waals surface area contributed by atoms with Gasteiger partial charge in [0, 0.05) is 31.5 Å². The van der Waals surface area contributed by atoms with E-state index in [0.29, 0.717) is 5.92 Å². The molecule has 2 atom stereocenters. The standard InChI is InChI=1S/C22H33N.C6H7N.C5H12.C4H8.C3H3NO.2C2H6/c1-5-7-9-17(3)10-8-11-18(4)14-19(6-2)20-12-13-21-16-23-22(21)15-20;1-6-3-2-4-7-5-6;1-3-5-4-2;1-3-4-2;1-3(5)2-4;2*1-2/h7,9,12-13,15,18-19,23H,3,5-6,8,10-11,14,16H2,1-2,4H3;2-5H,1H3;3-5H2,1-2H3;3H,1,4H2,2H3;1H3;2*1-2H3/b9-7-;;;;;;. The van der Waals surface area contributed by atoms with Gasteiger partial charge < -0.3 is 5.32 Å². The summed E-state index contributed by atoms with van der Waals surface area (Å²) in [5.41, 5.74) is 6.82. The third-order valence-corrected chi connectivity index (χ3v) is 7.00. The van der Waals surface area contributed by atoms with Crippen LogP contribution in [0.5, 0.6) is 0 Å². The van der Waals surface area contributed by atoms with Crippen molar-refractivity contribution >= 4 is 11.5 Å². The number of carbonyl (C=O) groups is 1. The molecule has 48 heavy (non-hydrogen) atoms. The second-order valence-electron chi connectivity index (χ2n) is 11.3. The van der Waals surface area contributed by atoms with Gasteiger partial charge in [0.15, 0.2) is 0 Å². The van der Waals surface area contributed by atoms with Gasteiger partial charge in [-0.15, -0.1) is 6.58 Å². The van der Waals surface area contributed by atoms with Gasteiger partial charge in [-0.05, 0) is 86.1 Å². The van der Waals surface area contributed by atoms with Crippen LogP contribution in [0.1, 0.15) is 163 Å². The number of pyridine rings is 1. The summed E-state index contributed by atoms with van der Waals surface area (Å²) in [6.07, 6.45) is 22.4. The van der Waals surface area contributed by atoms with Gasteiger partial charge in [-0.25, -0.2) is 0 Å². The van der Waals surface area contributed by atoms with Crippen LogP contribution in [0.4, 0.5) is 5.69 Å². The molecule has 0 saturated carbocycles. The highest BCUT2D eigenvalue weighted by atomic mass is 16.1. The zero-order valence-corrected chi connectivity index (χ0v) is 33.4. The van der Waals surface area contributed by atoms with E-state index in [1.165, 1.54) is 85.9 Å². The monoisotopic (exact) mass is 662 g/mol. The van der Waals surface area contributed by atoms with Gasteiger partial charge in [-0.1, -0.05) is 143 Å². The third-order valence-electron chi connectivity index (χ3n) is 7.00. The molecule has 0 bridgehead atoms. The van der Waals surface area contributed by atoms with Crippen molar-refractivity contribution in [3.05, 3.63) is 96.4 Å². The maximum absolute atomic E-state index is 9.45. The predicted octanol–water partition coefficient (Wildman–Crippen LogP) is 14.1. The van der Waals surface area contributed by atoms with Crippen molar-refractivity contribution in [1.82, 2.24) is 4.98 Å². The highest BCUT2D eigenvalue weighted by molar-refractivity contribution is 5.90. The van der Waals surface area contributed by atoms with Gasteiger partial charge in [-0.2, -0.15) is 5.26 Å². The summed E-state index contributed by atoms with van der Waals surface area (Å²) < 4.78 is 0. The number of aromatic nitrogens is 1. The van der Waals surface area contributed by atoms with Gasteiger partial charge in [0.2, 0.25) is 5.78 Å². The van der Waals surface area contributed by atoms with Gasteiger partial charge in [0.25, 0.3) is 0 Å². The zero-order valence-electron chi connectivity index (χ0n) is 33.4. The first-order valence-electron chi connectivity index (χ1n) is 18.7. The minimum atomic E-state index is -0.440. The molecule has 0 aliphatic carbocycles. The minimum Gasteiger partial charge on any atom is -0.381 e. The molecule has 3 rings (SSSR count). The Kier molecular flexibility index (Phi) is 42.5. The number of hydrogen-bond acceptors (Lipinski definition) is 4. The molecular formula is C44H75N3O. The molecule has 1 N–H and O–H groups in total. The van der Waals surface area contributed by atoms with Crippen molar-refractivity contribution in [3.63, 3.8) is 0 Å². The summed E-state index contributed by atoms with van der Waals surface area (Å²) in [4.78, 5) is 13.3. The molecule has 4 nitrogen and oxygen atoms in total. The van der Waals surface area contributed by atoms with E-state index in [4.69, 9.17) is 5.26 Å². The molecule has 0 spiro atoms. The minimum absolute atomic E-state index is 0.440. The Bertz CT molecular complexity index is 1080. The first-order chi connectivity index (χ1) is 23.1. The highest BCUT2D eigenvalue weighted by Gasteiger charge is 2.18. The van der Waals surface area contributed by atoms with E-state index in [0.717, 1.165) is 31.7 Å². The molecule has 1 aliphatic rings. The molecule has 1 aliphatic heterocycles. The molecule has 0 radical (unpaired) electrons. The Morgan fingerprint density at radius 2 is 1.65 bits per heavy atom. The summed E-state index contributed by atoms with van der Waals surface area (Å²) in [5.74, 6) is 1.04.